The molecule has 0 saturated carbocycles. The van der Waals surface area contributed by atoms with Gasteiger partial charge in [0.1, 0.15) is 11.5 Å². The number of halogens is 3. The van der Waals surface area contributed by atoms with Crippen molar-refractivity contribution in [2.45, 2.75) is 25.6 Å². The summed E-state index contributed by atoms with van der Waals surface area (Å²) >= 11 is 0. The maximum absolute atomic E-state index is 11.9. The summed E-state index contributed by atoms with van der Waals surface area (Å²) in [6.07, 6.45) is -1.96. The minimum absolute atomic E-state index is 0.248. The van der Waals surface area contributed by atoms with Crippen LogP contribution in [0.3, 0.4) is 0 Å². The molecule has 1 aromatic carbocycles. The minimum Gasteiger partial charge on any atom is -0.494 e. The lowest BCUT2D eigenvalue weighted by Gasteiger charge is -2.10. The molecule has 0 spiro atoms. The zero-order valence-electron chi connectivity index (χ0n) is 9.30. The van der Waals surface area contributed by atoms with Gasteiger partial charge in [0, 0.05) is 0 Å². The van der Waals surface area contributed by atoms with Gasteiger partial charge in [0.15, 0.2) is 0 Å². The van der Waals surface area contributed by atoms with Crippen LogP contribution in [0, 0.1) is 6.92 Å². The largest absolute Gasteiger partial charge is 0.573 e. The molecule has 0 atom stereocenters. The van der Waals surface area contributed by atoms with Gasteiger partial charge in [0.05, 0.1) is 6.61 Å². The molecular weight excluding hydrogens is 233 g/mol. The lowest BCUT2D eigenvalue weighted by atomic mass is 10.3. The van der Waals surface area contributed by atoms with Crippen molar-refractivity contribution in [3.8, 4) is 11.5 Å². The Labute approximate surface area is 98.3 Å². The number of unbranched alkanes of at least 4 members (excludes halogenated alkanes) is 2. The summed E-state index contributed by atoms with van der Waals surface area (Å²) in [7, 11) is 0. The van der Waals surface area contributed by atoms with Crippen molar-refractivity contribution in [2.24, 2.45) is 0 Å². The van der Waals surface area contributed by atoms with Crippen LogP contribution in [0.25, 0.3) is 0 Å². The van der Waals surface area contributed by atoms with Gasteiger partial charge in [0.25, 0.3) is 0 Å². The third kappa shape index (κ3) is 6.04. The molecule has 1 radical (unpaired) electrons. The third-order valence-corrected chi connectivity index (χ3v) is 1.97. The molecule has 0 amide bonds. The van der Waals surface area contributed by atoms with E-state index in [1.54, 1.807) is 0 Å². The Balaban J connectivity index is 2.39. The Bertz CT molecular complexity index is 320. The fraction of sp³-hybridized carbons (Fsp3) is 0.417. The van der Waals surface area contributed by atoms with Gasteiger partial charge in [0.2, 0.25) is 0 Å². The quantitative estimate of drug-likeness (QED) is 0.708. The standard InChI is InChI=1S/C12H14F3O2/c1-2-3-4-9-16-10-5-7-11(8-6-10)17-12(13,14)15/h5-8H,1-4,9H2. The van der Waals surface area contributed by atoms with Gasteiger partial charge in [-0.3, -0.25) is 0 Å². The summed E-state index contributed by atoms with van der Waals surface area (Å²) in [5.41, 5.74) is 0. The van der Waals surface area contributed by atoms with Crippen molar-refractivity contribution in [3.63, 3.8) is 0 Å². The third-order valence-electron chi connectivity index (χ3n) is 1.97. The van der Waals surface area contributed by atoms with Crippen LogP contribution in [-0.2, 0) is 0 Å². The van der Waals surface area contributed by atoms with E-state index in [1.165, 1.54) is 24.3 Å². The highest BCUT2D eigenvalue weighted by atomic mass is 19.4. The number of rotatable bonds is 6. The van der Waals surface area contributed by atoms with Crippen LogP contribution >= 0.6 is 0 Å². The summed E-state index contributed by atoms with van der Waals surface area (Å²) < 4.78 is 44.7. The number of alkyl halides is 3. The molecule has 0 N–H and O–H groups in total. The smallest absolute Gasteiger partial charge is 0.494 e. The predicted octanol–water partition coefficient (Wildman–Crippen LogP) is 3.97. The molecule has 0 bridgehead atoms. The second kappa shape index (κ2) is 6.37. The summed E-state index contributed by atoms with van der Waals surface area (Å²) in [6.45, 7) is 4.23. The lowest BCUT2D eigenvalue weighted by molar-refractivity contribution is -0.274. The molecule has 2 nitrogen and oxygen atoms in total. The Hall–Kier alpha value is -1.39. The Morgan fingerprint density at radius 2 is 1.59 bits per heavy atom. The molecule has 0 saturated heterocycles. The van der Waals surface area contributed by atoms with Crippen molar-refractivity contribution >= 4 is 0 Å². The van der Waals surface area contributed by atoms with Crippen LogP contribution in [-0.4, -0.2) is 13.0 Å². The Kier molecular flexibility index (Phi) is 5.12. The van der Waals surface area contributed by atoms with Gasteiger partial charge in [-0.2, -0.15) is 0 Å². The first kappa shape index (κ1) is 13.7. The van der Waals surface area contributed by atoms with E-state index in [9.17, 15) is 13.2 Å². The topological polar surface area (TPSA) is 18.5 Å². The van der Waals surface area contributed by atoms with E-state index in [0.717, 1.165) is 19.3 Å². The first-order valence-corrected chi connectivity index (χ1v) is 5.29. The molecule has 0 heterocycles. The number of benzene rings is 1. The molecule has 0 unspecified atom stereocenters. The maximum atomic E-state index is 11.9. The number of hydrogen-bond acceptors (Lipinski definition) is 2. The van der Waals surface area contributed by atoms with Crippen LogP contribution in [0.15, 0.2) is 24.3 Å². The van der Waals surface area contributed by atoms with Crippen LogP contribution in [0.2, 0.25) is 0 Å². The first-order valence-electron chi connectivity index (χ1n) is 5.29. The Morgan fingerprint density at radius 3 is 2.12 bits per heavy atom. The van der Waals surface area contributed by atoms with Crippen molar-refractivity contribution in [1.29, 1.82) is 0 Å². The molecule has 1 aromatic rings. The molecule has 17 heavy (non-hydrogen) atoms. The average Bonchev–Trinajstić information content (AvgIpc) is 2.25. The van der Waals surface area contributed by atoms with Crippen LogP contribution in [0.5, 0.6) is 11.5 Å². The molecule has 0 aromatic heterocycles. The van der Waals surface area contributed by atoms with Crippen LogP contribution in [0.1, 0.15) is 19.3 Å². The number of ether oxygens (including phenoxy) is 2. The highest BCUT2D eigenvalue weighted by molar-refractivity contribution is 5.31. The van der Waals surface area contributed by atoms with E-state index in [1.807, 2.05) is 0 Å². The molecule has 0 aliphatic heterocycles. The fourth-order valence-electron chi connectivity index (χ4n) is 1.21. The van der Waals surface area contributed by atoms with Gasteiger partial charge >= 0.3 is 6.36 Å². The minimum atomic E-state index is -4.66. The molecule has 0 aliphatic rings. The Morgan fingerprint density at radius 1 is 1.00 bits per heavy atom. The van der Waals surface area contributed by atoms with Crippen molar-refractivity contribution in [1.82, 2.24) is 0 Å². The van der Waals surface area contributed by atoms with Crippen LogP contribution < -0.4 is 9.47 Å². The van der Waals surface area contributed by atoms with Gasteiger partial charge in [-0.15, -0.1) is 13.2 Å². The first-order chi connectivity index (χ1) is 8.01. The zero-order valence-corrected chi connectivity index (χ0v) is 9.30. The van der Waals surface area contributed by atoms with Gasteiger partial charge in [-0.25, -0.2) is 0 Å². The highest BCUT2D eigenvalue weighted by Crippen LogP contribution is 2.24. The molecule has 95 valence electrons. The molecular formula is C12H14F3O2. The summed E-state index contributed by atoms with van der Waals surface area (Å²) in [5.74, 6) is 0.284. The summed E-state index contributed by atoms with van der Waals surface area (Å²) in [5, 5.41) is 0. The molecule has 1 rings (SSSR count). The van der Waals surface area contributed by atoms with Crippen molar-refractivity contribution in [2.75, 3.05) is 6.61 Å². The lowest BCUT2D eigenvalue weighted by Crippen LogP contribution is -2.16. The van der Waals surface area contributed by atoms with E-state index in [0.29, 0.717) is 12.4 Å². The second-order valence-electron chi connectivity index (χ2n) is 3.43. The molecule has 0 fully saturated rings. The maximum Gasteiger partial charge on any atom is 0.573 e. The highest BCUT2D eigenvalue weighted by Gasteiger charge is 2.30. The molecule has 0 aliphatic carbocycles. The predicted molar refractivity (Wildman–Crippen MR) is 57.8 cm³/mol. The van der Waals surface area contributed by atoms with Crippen molar-refractivity contribution in [3.05, 3.63) is 31.2 Å². The van der Waals surface area contributed by atoms with Gasteiger partial charge < -0.3 is 9.47 Å². The van der Waals surface area contributed by atoms with E-state index in [-0.39, 0.29) is 5.75 Å². The van der Waals surface area contributed by atoms with E-state index < -0.39 is 6.36 Å². The van der Waals surface area contributed by atoms with Gasteiger partial charge in [-0.1, -0.05) is 19.8 Å². The SMILES string of the molecule is [CH2]CCCCOc1ccc(OC(F)(F)F)cc1. The summed E-state index contributed by atoms with van der Waals surface area (Å²) in [4.78, 5) is 0. The summed E-state index contributed by atoms with van der Waals surface area (Å²) in [6, 6.07) is 5.35. The second-order valence-corrected chi connectivity index (χ2v) is 3.43. The van der Waals surface area contributed by atoms with Crippen molar-refractivity contribution < 1.29 is 22.6 Å². The molecule has 5 heteroatoms. The van der Waals surface area contributed by atoms with E-state index in [4.69, 9.17) is 4.74 Å². The van der Waals surface area contributed by atoms with Crippen LogP contribution in [0.4, 0.5) is 13.2 Å². The number of hydrogen-bond donors (Lipinski definition) is 0. The average molecular weight is 247 g/mol. The van der Waals surface area contributed by atoms with Gasteiger partial charge in [-0.05, 0) is 30.7 Å². The zero-order chi connectivity index (χ0) is 12.7. The normalized spacial score (nSPS) is 11.3. The monoisotopic (exact) mass is 247 g/mol. The fourth-order valence-corrected chi connectivity index (χ4v) is 1.21. The van der Waals surface area contributed by atoms with E-state index in [2.05, 4.69) is 11.7 Å². The van der Waals surface area contributed by atoms with E-state index >= 15 is 0 Å².